The predicted molar refractivity (Wildman–Crippen MR) is 117 cm³/mol. The lowest BCUT2D eigenvalue weighted by molar-refractivity contribution is -0.384. The Balaban J connectivity index is 1.93. The maximum atomic E-state index is 13.9. The van der Waals surface area contributed by atoms with Crippen molar-refractivity contribution in [3.63, 3.8) is 0 Å². The molecule has 2 aromatic rings. The van der Waals surface area contributed by atoms with E-state index in [1.807, 2.05) is 42.2 Å². The number of amides is 4. The van der Waals surface area contributed by atoms with Gasteiger partial charge in [0.05, 0.1) is 11.0 Å². The fourth-order valence-corrected chi connectivity index (χ4v) is 4.80. The number of nitrogens with one attached hydrogen (secondary N) is 1. The minimum Gasteiger partial charge on any atom is -0.366 e. The third kappa shape index (κ3) is 3.21. The van der Waals surface area contributed by atoms with Crippen molar-refractivity contribution in [2.75, 3.05) is 18.5 Å². The molecule has 4 rings (SSSR count). The highest BCUT2D eigenvalue weighted by atomic mass is 16.6. The number of non-ortho nitro benzene ring substituents is 1. The van der Waals surface area contributed by atoms with Gasteiger partial charge in [-0.25, -0.2) is 4.79 Å². The van der Waals surface area contributed by atoms with E-state index in [2.05, 4.69) is 5.32 Å². The smallest absolute Gasteiger partial charge is 0.330 e. The standard InChI is InChI=1S/C23H24N4O5/c1-3-4-12-26-21(29)23(20(28)24-22(26)30)14-16-13-17(27(31)32)10-11-18(16)25(2)19(23)15-8-6-5-7-9-15/h5-11,13,19H,3-4,12,14H2,1-2H3,(H,24,28,30)/t19-,23-/m1/s1. The number of anilines is 1. The summed E-state index contributed by atoms with van der Waals surface area (Å²) < 4.78 is 0. The van der Waals surface area contributed by atoms with Gasteiger partial charge >= 0.3 is 6.03 Å². The molecule has 0 unspecified atom stereocenters. The second-order valence-electron chi connectivity index (χ2n) is 8.21. The van der Waals surface area contributed by atoms with Crippen LogP contribution in [0.2, 0.25) is 0 Å². The molecule has 166 valence electrons. The molecule has 32 heavy (non-hydrogen) atoms. The van der Waals surface area contributed by atoms with Gasteiger partial charge in [0.2, 0.25) is 11.8 Å². The number of hydrogen-bond acceptors (Lipinski definition) is 6. The minimum absolute atomic E-state index is 0.0471. The number of carbonyl (C=O) groups excluding carboxylic acids is 3. The largest absolute Gasteiger partial charge is 0.366 e. The van der Waals surface area contributed by atoms with Crippen molar-refractivity contribution in [3.05, 3.63) is 69.8 Å². The second kappa shape index (κ2) is 8.07. The van der Waals surface area contributed by atoms with Crippen LogP contribution < -0.4 is 10.2 Å². The first-order valence-corrected chi connectivity index (χ1v) is 10.5. The van der Waals surface area contributed by atoms with E-state index in [1.165, 1.54) is 12.1 Å². The van der Waals surface area contributed by atoms with E-state index < -0.39 is 34.2 Å². The Kier molecular flexibility index (Phi) is 5.41. The molecule has 0 aliphatic carbocycles. The fraction of sp³-hybridized carbons (Fsp3) is 0.348. The van der Waals surface area contributed by atoms with Crippen LogP contribution in [0.1, 0.15) is 36.9 Å². The summed E-state index contributed by atoms with van der Waals surface area (Å²) in [6.45, 7) is 2.15. The molecule has 1 spiro atoms. The number of hydrogen-bond donors (Lipinski definition) is 1. The Labute approximate surface area is 185 Å². The lowest BCUT2D eigenvalue weighted by atomic mass is 9.66. The molecular formula is C23H24N4O5. The van der Waals surface area contributed by atoms with E-state index in [4.69, 9.17) is 0 Å². The number of benzene rings is 2. The molecule has 0 radical (unpaired) electrons. The quantitative estimate of drug-likeness (QED) is 0.438. The highest BCUT2D eigenvalue weighted by molar-refractivity contribution is 6.20. The first kappa shape index (κ1) is 21.5. The second-order valence-corrected chi connectivity index (χ2v) is 8.21. The van der Waals surface area contributed by atoms with E-state index in [0.717, 1.165) is 16.9 Å². The highest BCUT2D eigenvalue weighted by Gasteiger charge is 2.62. The molecule has 1 fully saturated rings. The van der Waals surface area contributed by atoms with Crippen molar-refractivity contribution in [1.29, 1.82) is 0 Å². The summed E-state index contributed by atoms with van der Waals surface area (Å²) in [5.41, 5.74) is 0.204. The SMILES string of the molecule is CCCCN1C(=O)NC(=O)[C@]2(Cc3cc([N+](=O)[O-])ccc3N(C)[C@@H]2c2ccccc2)C1=O. The van der Waals surface area contributed by atoms with Crippen molar-refractivity contribution in [2.45, 2.75) is 32.2 Å². The molecule has 0 aromatic heterocycles. The summed E-state index contributed by atoms with van der Waals surface area (Å²) in [6, 6.07) is 12.2. The zero-order valence-corrected chi connectivity index (χ0v) is 17.9. The Morgan fingerprint density at radius 1 is 1.16 bits per heavy atom. The maximum Gasteiger partial charge on any atom is 0.330 e. The zero-order chi connectivity index (χ0) is 23.0. The van der Waals surface area contributed by atoms with Crippen molar-refractivity contribution < 1.29 is 19.3 Å². The third-order valence-corrected chi connectivity index (χ3v) is 6.33. The molecule has 2 aromatic carbocycles. The summed E-state index contributed by atoms with van der Waals surface area (Å²) in [7, 11) is 1.76. The van der Waals surface area contributed by atoms with Gasteiger partial charge < -0.3 is 4.90 Å². The van der Waals surface area contributed by atoms with Gasteiger partial charge in [-0.3, -0.25) is 29.9 Å². The van der Waals surface area contributed by atoms with Gasteiger partial charge in [0, 0.05) is 37.8 Å². The van der Waals surface area contributed by atoms with Gasteiger partial charge in [0.15, 0.2) is 5.41 Å². The predicted octanol–water partition coefficient (Wildman–Crippen LogP) is 3.19. The number of nitro groups is 1. The number of imide groups is 2. The van der Waals surface area contributed by atoms with Gasteiger partial charge in [-0.15, -0.1) is 0 Å². The summed E-state index contributed by atoms with van der Waals surface area (Å²) in [6.07, 6.45) is 1.33. The topological polar surface area (TPSA) is 113 Å². The van der Waals surface area contributed by atoms with Crippen molar-refractivity contribution in [2.24, 2.45) is 5.41 Å². The molecule has 2 atom stereocenters. The summed E-state index contributed by atoms with van der Waals surface area (Å²) in [4.78, 5) is 53.6. The molecule has 1 saturated heterocycles. The van der Waals surface area contributed by atoms with Crippen LogP contribution in [-0.2, 0) is 16.0 Å². The Hall–Kier alpha value is -3.75. The van der Waals surface area contributed by atoms with E-state index in [9.17, 15) is 24.5 Å². The maximum absolute atomic E-state index is 13.9. The van der Waals surface area contributed by atoms with Crippen LogP contribution in [0.4, 0.5) is 16.2 Å². The average Bonchev–Trinajstić information content (AvgIpc) is 2.78. The first-order chi connectivity index (χ1) is 15.3. The van der Waals surface area contributed by atoms with Crippen LogP contribution in [0.25, 0.3) is 0 Å². The van der Waals surface area contributed by atoms with Crippen LogP contribution in [0.3, 0.4) is 0 Å². The molecule has 0 bridgehead atoms. The molecule has 2 aliphatic heterocycles. The number of rotatable bonds is 5. The van der Waals surface area contributed by atoms with Gasteiger partial charge in [0.1, 0.15) is 0 Å². The van der Waals surface area contributed by atoms with Gasteiger partial charge in [-0.05, 0) is 23.6 Å². The Morgan fingerprint density at radius 2 is 1.88 bits per heavy atom. The van der Waals surface area contributed by atoms with Crippen LogP contribution in [-0.4, -0.2) is 41.3 Å². The molecule has 4 amide bonds. The molecular weight excluding hydrogens is 412 g/mol. The van der Waals surface area contributed by atoms with Crippen molar-refractivity contribution in [3.8, 4) is 0 Å². The van der Waals surface area contributed by atoms with Crippen LogP contribution >= 0.6 is 0 Å². The average molecular weight is 436 g/mol. The molecule has 0 saturated carbocycles. The zero-order valence-electron chi connectivity index (χ0n) is 17.9. The number of nitrogens with zero attached hydrogens (tertiary/aromatic N) is 3. The van der Waals surface area contributed by atoms with Gasteiger partial charge in [-0.2, -0.15) is 0 Å². The number of fused-ring (bicyclic) bond motifs is 1. The highest BCUT2D eigenvalue weighted by Crippen LogP contribution is 2.51. The number of urea groups is 1. The first-order valence-electron chi connectivity index (χ1n) is 10.5. The Bertz CT molecular complexity index is 1100. The van der Waals surface area contributed by atoms with Crippen LogP contribution in [0.15, 0.2) is 48.5 Å². The number of nitro benzene ring substituents is 1. The molecule has 2 heterocycles. The summed E-state index contributed by atoms with van der Waals surface area (Å²) >= 11 is 0. The molecule has 1 N–H and O–H groups in total. The van der Waals surface area contributed by atoms with E-state index >= 15 is 0 Å². The Morgan fingerprint density at radius 3 is 2.53 bits per heavy atom. The molecule has 9 nitrogen and oxygen atoms in total. The van der Waals surface area contributed by atoms with Crippen LogP contribution in [0, 0.1) is 15.5 Å². The number of unbranched alkanes of at least 4 members (excludes halogenated alkanes) is 1. The molecule has 9 heteroatoms. The third-order valence-electron chi connectivity index (χ3n) is 6.33. The van der Waals surface area contributed by atoms with Crippen molar-refractivity contribution >= 4 is 29.2 Å². The van der Waals surface area contributed by atoms with Gasteiger partial charge in [0.25, 0.3) is 5.69 Å². The number of carbonyl (C=O) groups is 3. The lowest BCUT2D eigenvalue weighted by Crippen LogP contribution is -2.69. The minimum atomic E-state index is -1.64. The normalized spacial score (nSPS) is 22.7. The van der Waals surface area contributed by atoms with Crippen molar-refractivity contribution in [1.82, 2.24) is 10.2 Å². The van der Waals surface area contributed by atoms with Crippen LogP contribution in [0.5, 0.6) is 0 Å². The lowest BCUT2D eigenvalue weighted by Gasteiger charge is -2.51. The summed E-state index contributed by atoms with van der Waals surface area (Å²) in [5.74, 6) is -1.25. The van der Waals surface area contributed by atoms with E-state index in [0.29, 0.717) is 17.7 Å². The number of barbiturate groups is 1. The van der Waals surface area contributed by atoms with E-state index in [1.54, 1.807) is 13.1 Å². The monoisotopic (exact) mass is 436 g/mol. The summed E-state index contributed by atoms with van der Waals surface area (Å²) in [5, 5.41) is 13.7. The fourth-order valence-electron chi connectivity index (χ4n) is 4.80. The molecule has 2 aliphatic rings. The van der Waals surface area contributed by atoms with Gasteiger partial charge in [-0.1, -0.05) is 43.7 Å². The van der Waals surface area contributed by atoms with E-state index in [-0.39, 0.29) is 18.7 Å².